The van der Waals surface area contributed by atoms with Gasteiger partial charge in [0.1, 0.15) is 0 Å². The van der Waals surface area contributed by atoms with E-state index >= 15 is 0 Å². The molecule has 0 amide bonds. The molecule has 0 fully saturated rings. The van der Waals surface area contributed by atoms with Crippen molar-refractivity contribution in [3.63, 3.8) is 0 Å². The molecule has 7 heteroatoms. The van der Waals surface area contributed by atoms with Gasteiger partial charge in [-0.3, -0.25) is 4.79 Å². The predicted octanol–water partition coefficient (Wildman–Crippen LogP) is 13.8. The number of nitrogens with zero attached hydrogens (tertiary/aromatic N) is 2. The summed E-state index contributed by atoms with van der Waals surface area (Å²) in [5, 5.41) is 0. The summed E-state index contributed by atoms with van der Waals surface area (Å²) in [5.74, 6) is -0.257. The highest BCUT2D eigenvalue weighted by atomic mass is 32.2. The zero-order chi connectivity index (χ0) is 42.6. The number of esters is 1. The summed E-state index contributed by atoms with van der Waals surface area (Å²) in [5.41, 5.74) is 12.9. The molecule has 0 atom stereocenters. The van der Waals surface area contributed by atoms with Crippen molar-refractivity contribution < 1.29 is 17.9 Å². The number of methoxy groups -OCH3 is 1. The van der Waals surface area contributed by atoms with Gasteiger partial charge in [-0.15, -0.1) is 0 Å². The Morgan fingerprint density at radius 2 is 0.855 bits per heavy atom. The van der Waals surface area contributed by atoms with Crippen LogP contribution in [0.5, 0.6) is 0 Å². The molecule has 0 spiro atoms. The summed E-state index contributed by atoms with van der Waals surface area (Å²) in [7, 11) is -2.55. The predicted molar refractivity (Wildman–Crippen MR) is 252 cm³/mol. The molecule has 0 unspecified atom stereocenters. The minimum absolute atomic E-state index is 0.257. The topological polar surface area (TPSA) is 66.9 Å². The van der Waals surface area contributed by atoms with E-state index in [-0.39, 0.29) is 22.2 Å². The molecule has 0 saturated heterocycles. The van der Waals surface area contributed by atoms with Crippen LogP contribution < -0.4 is 9.80 Å². The van der Waals surface area contributed by atoms with Gasteiger partial charge in [0.25, 0.3) is 0 Å². The maximum atomic E-state index is 14.9. The van der Waals surface area contributed by atoms with Gasteiger partial charge in [-0.25, -0.2) is 8.42 Å². The fourth-order valence-electron chi connectivity index (χ4n) is 8.37. The molecule has 1 heterocycles. The normalized spacial score (nSPS) is 12.3. The highest BCUT2D eigenvalue weighted by Gasteiger charge is 2.35. The smallest absolute Gasteiger partial charge is 0.305 e. The fourth-order valence-corrected chi connectivity index (χ4v) is 10.1. The van der Waals surface area contributed by atoms with Crippen LogP contribution in [0.15, 0.2) is 204 Å². The van der Waals surface area contributed by atoms with E-state index in [1.807, 2.05) is 103 Å². The number of benzene rings is 8. The average Bonchev–Trinajstić information content (AvgIpc) is 3.54. The van der Waals surface area contributed by atoms with Gasteiger partial charge in [-0.1, -0.05) is 135 Å². The Bertz CT molecular complexity index is 2990. The number of sulfone groups is 1. The van der Waals surface area contributed by atoms with E-state index in [9.17, 15) is 13.2 Å². The molecule has 0 saturated carbocycles. The van der Waals surface area contributed by atoms with Crippen LogP contribution >= 0.6 is 0 Å². The maximum Gasteiger partial charge on any atom is 0.305 e. The molecule has 0 aromatic heterocycles. The Balaban J connectivity index is 1.12. The van der Waals surface area contributed by atoms with E-state index in [4.69, 9.17) is 4.74 Å². The van der Waals surface area contributed by atoms with Crippen molar-refractivity contribution in [2.24, 2.45) is 0 Å². The van der Waals surface area contributed by atoms with Gasteiger partial charge < -0.3 is 14.5 Å². The second kappa shape index (κ2) is 17.4. The summed E-state index contributed by atoms with van der Waals surface area (Å²) in [6.07, 6.45) is 2.87. The number of carbonyl (C=O) groups excluding carboxylic acids is 1. The standard InChI is InChI=1S/C55H46N2O4S/c1-3-12-39-21-26-45(27-22-39)56(47-19-10-17-43(35-47)41-13-6-4-7-14-41)49-30-32-51-52-33-31-50(38-54(52)62(59,60)53(51)37-49)57(46-28-23-40(24-29-46)25-34-55(58)61-2)48-20-11-18-44(36-48)42-15-8-5-9-16-42/h4-11,13-24,26-33,35-38H,3,12,25,34H2,1-2H3. The molecule has 1 aliphatic heterocycles. The van der Waals surface area contributed by atoms with Gasteiger partial charge >= 0.3 is 5.97 Å². The summed E-state index contributed by atoms with van der Waals surface area (Å²) in [6.45, 7) is 2.18. The van der Waals surface area contributed by atoms with Crippen LogP contribution in [0.4, 0.5) is 34.1 Å². The van der Waals surface area contributed by atoms with Crippen molar-refractivity contribution in [2.45, 2.75) is 42.4 Å². The zero-order valence-corrected chi connectivity index (χ0v) is 35.6. The van der Waals surface area contributed by atoms with Crippen molar-refractivity contribution in [3.05, 3.63) is 205 Å². The van der Waals surface area contributed by atoms with Crippen molar-refractivity contribution >= 4 is 49.9 Å². The van der Waals surface area contributed by atoms with Crippen LogP contribution in [-0.4, -0.2) is 21.5 Å². The van der Waals surface area contributed by atoms with E-state index in [0.717, 1.165) is 69.1 Å². The fraction of sp³-hybridized carbons (Fsp3) is 0.109. The van der Waals surface area contributed by atoms with Crippen molar-refractivity contribution in [1.82, 2.24) is 0 Å². The Labute approximate surface area is 364 Å². The molecular formula is C55H46N2O4S. The summed E-state index contributed by atoms with van der Waals surface area (Å²) in [4.78, 5) is 16.7. The van der Waals surface area contributed by atoms with Crippen LogP contribution in [0.1, 0.15) is 30.9 Å². The second-order valence-electron chi connectivity index (χ2n) is 15.5. The van der Waals surface area contributed by atoms with E-state index in [0.29, 0.717) is 23.2 Å². The lowest BCUT2D eigenvalue weighted by molar-refractivity contribution is -0.140. The highest BCUT2D eigenvalue weighted by molar-refractivity contribution is 7.92. The van der Waals surface area contributed by atoms with Gasteiger partial charge in [-0.05, 0) is 119 Å². The first kappa shape index (κ1) is 40.2. The van der Waals surface area contributed by atoms with Crippen LogP contribution in [-0.2, 0) is 32.2 Å². The van der Waals surface area contributed by atoms with Crippen molar-refractivity contribution in [2.75, 3.05) is 16.9 Å². The lowest BCUT2D eigenvalue weighted by Crippen LogP contribution is -2.11. The van der Waals surface area contributed by atoms with Crippen LogP contribution in [0, 0.1) is 0 Å². The van der Waals surface area contributed by atoms with Crippen molar-refractivity contribution in [1.29, 1.82) is 0 Å². The Morgan fingerprint density at radius 3 is 1.29 bits per heavy atom. The molecule has 6 nitrogen and oxygen atoms in total. The highest BCUT2D eigenvalue weighted by Crippen LogP contribution is 2.49. The number of hydrogen-bond donors (Lipinski definition) is 0. The third kappa shape index (κ3) is 8.03. The quantitative estimate of drug-likeness (QED) is 0.108. The zero-order valence-electron chi connectivity index (χ0n) is 34.7. The Kier molecular flexibility index (Phi) is 11.3. The molecule has 8 aromatic rings. The van der Waals surface area contributed by atoms with E-state index in [1.165, 1.54) is 12.7 Å². The van der Waals surface area contributed by atoms with E-state index < -0.39 is 9.84 Å². The molecule has 0 aliphatic carbocycles. The van der Waals surface area contributed by atoms with Gasteiger partial charge in [0.15, 0.2) is 0 Å². The number of ether oxygens (including phenoxy) is 1. The first-order valence-electron chi connectivity index (χ1n) is 21.0. The number of hydrogen-bond acceptors (Lipinski definition) is 6. The third-order valence-electron chi connectivity index (χ3n) is 11.5. The molecular weight excluding hydrogens is 785 g/mol. The molecule has 0 radical (unpaired) electrons. The van der Waals surface area contributed by atoms with E-state index in [1.54, 1.807) is 6.07 Å². The number of carbonyl (C=O) groups is 1. The summed E-state index contributed by atoms with van der Waals surface area (Å²) in [6, 6.07) is 65.2. The van der Waals surface area contributed by atoms with Gasteiger partial charge in [0, 0.05) is 51.7 Å². The average molecular weight is 831 g/mol. The monoisotopic (exact) mass is 830 g/mol. The molecule has 9 rings (SSSR count). The number of anilines is 6. The molecule has 8 aromatic carbocycles. The maximum absolute atomic E-state index is 14.9. The molecule has 0 N–H and O–H groups in total. The van der Waals surface area contributed by atoms with Gasteiger partial charge in [0.2, 0.25) is 9.84 Å². The number of rotatable bonds is 13. The molecule has 1 aliphatic rings. The van der Waals surface area contributed by atoms with Crippen molar-refractivity contribution in [3.8, 4) is 33.4 Å². The summed E-state index contributed by atoms with van der Waals surface area (Å²) >= 11 is 0. The third-order valence-corrected chi connectivity index (χ3v) is 13.3. The van der Waals surface area contributed by atoms with Crippen LogP contribution in [0.3, 0.4) is 0 Å². The van der Waals surface area contributed by atoms with Crippen LogP contribution in [0.2, 0.25) is 0 Å². The Hall–Kier alpha value is -7.22. The number of aryl methyl sites for hydroxylation is 2. The molecule has 62 heavy (non-hydrogen) atoms. The minimum atomic E-state index is -3.94. The number of fused-ring (bicyclic) bond motifs is 3. The Morgan fingerprint density at radius 1 is 0.452 bits per heavy atom. The first-order chi connectivity index (χ1) is 30.3. The first-order valence-corrected chi connectivity index (χ1v) is 22.5. The minimum Gasteiger partial charge on any atom is -0.469 e. The van der Waals surface area contributed by atoms with Gasteiger partial charge in [-0.2, -0.15) is 0 Å². The molecule has 0 bridgehead atoms. The van der Waals surface area contributed by atoms with E-state index in [2.05, 4.69) is 102 Å². The second-order valence-corrected chi connectivity index (χ2v) is 17.4. The lowest BCUT2D eigenvalue weighted by Gasteiger charge is -2.26. The van der Waals surface area contributed by atoms with Gasteiger partial charge in [0.05, 0.1) is 16.9 Å². The SMILES string of the molecule is CCCc1ccc(N(c2cccc(-c3ccccc3)c2)c2ccc3c(c2)S(=O)(=O)c2cc(N(c4ccc(CCC(=O)OC)cc4)c4cccc(-c5ccccc5)c4)ccc2-3)cc1. The van der Waals surface area contributed by atoms with Crippen LogP contribution in [0.25, 0.3) is 33.4 Å². The largest absolute Gasteiger partial charge is 0.469 e. The molecule has 306 valence electrons. The lowest BCUT2D eigenvalue weighted by atomic mass is 10.0. The summed E-state index contributed by atoms with van der Waals surface area (Å²) < 4.78 is 34.6.